The van der Waals surface area contributed by atoms with E-state index >= 15 is 0 Å². The van der Waals surface area contributed by atoms with Gasteiger partial charge in [0.15, 0.2) is 0 Å². The van der Waals surface area contributed by atoms with E-state index < -0.39 is 0 Å². The van der Waals surface area contributed by atoms with E-state index in [1.807, 2.05) is 45.0 Å². The lowest BCUT2D eigenvalue weighted by Gasteiger charge is -2.12. The molecular formula is C21H25FN2O2. The van der Waals surface area contributed by atoms with Crippen molar-refractivity contribution in [2.75, 3.05) is 5.32 Å². The van der Waals surface area contributed by atoms with Gasteiger partial charge in [-0.05, 0) is 41.3 Å². The number of halogens is 1. The maximum absolute atomic E-state index is 13.0. The molecule has 1 unspecified atom stereocenters. The number of amides is 2. The van der Waals surface area contributed by atoms with Gasteiger partial charge in [-0.3, -0.25) is 9.59 Å². The second kappa shape index (κ2) is 9.13. The average molecular weight is 356 g/mol. The van der Waals surface area contributed by atoms with E-state index in [0.29, 0.717) is 13.0 Å². The summed E-state index contributed by atoms with van der Waals surface area (Å²) in [5.74, 6) is -0.417. The van der Waals surface area contributed by atoms with Crippen LogP contribution in [0.1, 0.15) is 44.2 Å². The zero-order valence-corrected chi connectivity index (χ0v) is 15.4. The molecule has 0 heterocycles. The molecule has 4 nitrogen and oxygen atoms in total. The molecule has 0 saturated carbocycles. The first-order valence-electron chi connectivity index (χ1n) is 8.77. The minimum Gasteiger partial charge on any atom is -0.352 e. The molecule has 0 saturated heterocycles. The summed E-state index contributed by atoms with van der Waals surface area (Å²) in [5.41, 5.74) is 2.63. The fourth-order valence-electron chi connectivity index (χ4n) is 2.45. The predicted octanol–water partition coefficient (Wildman–Crippen LogP) is 4.23. The molecule has 2 aromatic carbocycles. The molecule has 0 fully saturated rings. The predicted molar refractivity (Wildman–Crippen MR) is 101 cm³/mol. The lowest BCUT2D eigenvalue weighted by molar-refractivity contribution is -0.121. The Balaban J connectivity index is 1.81. The van der Waals surface area contributed by atoms with Gasteiger partial charge in [0.2, 0.25) is 11.8 Å². The SMILES string of the molecule is CC(C)C(=O)Nc1ccc(CNC(=O)CC(C)c2ccc(F)cc2)cc1. The number of anilines is 1. The van der Waals surface area contributed by atoms with Gasteiger partial charge in [0.05, 0.1) is 0 Å². The van der Waals surface area contributed by atoms with Crippen molar-refractivity contribution in [1.29, 1.82) is 0 Å². The molecular weight excluding hydrogens is 331 g/mol. The van der Waals surface area contributed by atoms with Gasteiger partial charge in [0.25, 0.3) is 0 Å². The monoisotopic (exact) mass is 356 g/mol. The lowest BCUT2D eigenvalue weighted by atomic mass is 9.97. The Morgan fingerprint density at radius 1 is 0.962 bits per heavy atom. The van der Waals surface area contributed by atoms with Gasteiger partial charge in [-0.2, -0.15) is 0 Å². The minimum atomic E-state index is -0.279. The van der Waals surface area contributed by atoms with Crippen molar-refractivity contribution in [2.45, 2.75) is 39.7 Å². The first-order valence-corrected chi connectivity index (χ1v) is 8.77. The Kier molecular flexibility index (Phi) is 6.89. The summed E-state index contributed by atoms with van der Waals surface area (Å²) >= 11 is 0. The van der Waals surface area contributed by atoms with Crippen LogP contribution in [-0.4, -0.2) is 11.8 Å². The second-order valence-corrected chi connectivity index (χ2v) is 6.77. The fraction of sp³-hybridized carbons (Fsp3) is 0.333. The third-order valence-electron chi connectivity index (χ3n) is 4.17. The number of benzene rings is 2. The number of carbonyl (C=O) groups excluding carboxylic acids is 2. The van der Waals surface area contributed by atoms with Gasteiger partial charge in [-0.25, -0.2) is 4.39 Å². The molecule has 0 aliphatic rings. The topological polar surface area (TPSA) is 58.2 Å². The van der Waals surface area contributed by atoms with Crippen LogP contribution >= 0.6 is 0 Å². The fourth-order valence-corrected chi connectivity index (χ4v) is 2.45. The number of hydrogen-bond acceptors (Lipinski definition) is 2. The van der Waals surface area contributed by atoms with E-state index in [0.717, 1.165) is 16.8 Å². The molecule has 2 rings (SSSR count). The highest BCUT2D eigenvalue weighted by atomic mass is 19.1. The molecule has 1 atom stereocenters. The number of rotatable bonds is 7. The number of nitrogens with one attached hydrogen (secondary N) is 2. The van der Waals surface area contributed by atoms with Gasteiger partial charge in [-0.1, -0.05) is 45.0 Å². The van der Waals surface area contributed by atoms with E-state index in [9.17, 15) is 14.0 Å². The lowest BCUT2D eigenvalue weighted by Crippen LogP contribution is -2.24. The maximum Gasteiger partial charge on any atom is 0.226 e. The zero-order valence-electron chi connectivity index (χ0n) is 15.4. The Hall–Kier alpha value is -2.69. The Morgan fingerprint density at radius 3 is 2.15 bits per heavy atom. The molecule has 0 aliphatic carbocycles. The zero-order chi connectivity index (χ0) is 19.1. The van der Waals surface area contributed by atoms with Crippen LogP contribution in [0.2, 0.25) is 0 Å². The van der Waals surface area contributed by atoms with Crippen molar-refractivity contribution in [3.63, 3.8) is 0 Å². The second-order valence-electron chi connectivity index (χ2n) is 6.77. The summed E-state index contributed by atoms with van der Waals surface area (Å²) in [5, 5.41) is 5.72. The van der Waals surface area contributed by atoms with Gasteiger partial charge in [-0.15, -0.1) is 0 Å². The molecule has 0 bridgehead atoms. The highest BCUT2D eigenvalue weighted by Gasteiger charge is 2.11. The highest BCUT2D eigenvalue weighted by molar-refractivity contribution is 5.92. The Labute approximate surface area is 153 Å². The quantitative estimate of drug-likeness (QED) is 0.780. The summed E-state index contributed by atoms with van der Waals surface area (Å²) in [4.78, 5) is 23.8. The summed E-state index contributed by atoms with van der Waals surface area (Å²) in [6.07, 6.45) is 0.341. The van der Waals surface area contributed by atoms with E-state index in [2.05, 4.69) is 10.6 Å². The first-order chi connectivity index (χ1) is 12.3. The highest BCUT2D eigenvalue weighted by Crippen LogP contribution is 2.19. The van der Waals surface area contributed by atoms with E-state index in [1.165, 1.54) is 12.1 Å². The standard InChI is InChI=1S/C21H25FN2O2/c1-14(2)21(26)24-19-10-4-16(5-11-19)13-23-20(25)12-15(3)17-6-8-18(22)9-7-17/h4-11,14-15H,12-13H2,1-3H3,(H,23,25)(H,24,26). The molecule has 138 valence electrons. The smallest absolute Gasteiger partial charge is 0.226 e. The molecule has 26 heavy (non-hydrogen) atoms. The van der Waals surface area contributed by atoms with Crippen LogP contribution in [-0.2, 0) is 16.1 Å². The van der Waals surface area contributed by atoms with E-state index in [1.54, 1.807) is 12.1 Å². The van der Waals surface area contributed by atoms with Crippen LogP contribution in [0.3, 0.4) is 0 Å². The molecule has 2 N–H and O–H groups in total. The average Bonchev–Trinajstić information content (AvgIpc) is 2.61. The van der Waals surface area contributed by atoms with Crippen LogP contribution in [0, 0.1) is 11.7 Å². The Morgan fingerprint density at radius 2 is 1.58 bits per heavy atom. The molecule has 2 aromatic rings. The third-order valence-corrected chi connectivity index (χ3v) is 4.17. The van der Waals surface area contributed by atoms with Crippen molar-refractivity contribution >= 4 is 17.5 Å². The molecule has 5 heteroatoms. The Bertz CT molecular complexity index is 740. The van der Waals surface area contributed by atoms with Crippen LogP contribution in [0.15, 0.2) is 48.5 Å². The van der Waals surface area contributed by atoms with Gasteiger partial charge >= 0.3 is 0 Å². The van der Waals surface area contributed by atoms with Crippen molar-refractivity contribution in [3.05, 3.63) is 65.5 Å². The van der Waals surface area contributed by atoms with Crippen LogP contribution in [0.25, 0.3) is 0 Å². The number of carbonyl (C=O) groups is 2. The first kappa shape index (κ1) is 19.6. The molecule has 0 radical (unpaired) electrons. The maximum atomic E-state index is 13.0. The largest absolute Gasteiger partial charge is 0.352 e. The van der Waals surface area contributed by atoms with Gasteiger partial charge in [0, 0.05) is 24.6 Å². The molecule has 0 aromatic heterocycles. The van der Waals surface area contributed by atoms with Crippen molar-refractivity contribution < 1.29 is 14.0 Å². The van der Waals surface area contributed by atoms with Gasteiger partial charge in [0.1, 0.15) is 5.82 Å². The van der Waals surface area contributed by atoms with E-state index in [-0.39, 0.29) is 29.5 Å². The van der Waals surface area contributed by atoms with E-state index in [4.69, 9.17) is 0 Å². The van der Waals surface area contributed by atoms with Crippen molar-refractivity contribution in [3.8, 4) is 0 Å². The van der Waals surface area contributed by atoms with Crippen LogP contribution in [0.5, 0.6) is 0 Å². The van der Waals surface area contributed by atoms with Crippen molar-refractivity contribution in [1.82, 2.24) is 5.32 Å². The van der Waals surface area contributed by atoms with Crippen molar-refractivity contribution in [2.24, 2.45) is 5.92 Å². The normalized spacial score (nSPS) is 11.9. The third kappa shape index (κ3) is 5.99. The number of hydrogen-bond donors (Lipinski definition) is 2. The summed E-state index contributed by atoms with van der Waals surface area (Å²) in [7, 11) is 0. The summed E-state index contributed by atoms with van der Waals surface area (Å²) < 4.78 is 13.0. The molecule has 2 amide bonds. The molecule has 0 spiro atoms. The van der Waals surface area contributed by atoms with Crippen LogP contribution in [0.4, 0.5) is 10.1 Å². The summed E-state index contributed by atoms with van der Waals surface area (Å²) in [6, 6.07) is 13.6. The van der Waals surface area contributed by atoms with Gasteiger partial charge < -0.3 is 10.6 Å². The minimum absolute atomic E-state index is 0.0178. The molecule has 0 aliphatic heterocycles. The van der Waals surface area contributed by atoms with Crippen LogP contribution < -0.4 is 10.6 Å². The summed E-state index contributed by atoms with van der Waals surface area (Å²) in [6.45, 7) is 6.05.